The highest BCUT2D eigenvalue weighted by molar-refractivity contribution is 7.17. The summed E-state index contributed by atoms with van der Waals surface area (Å²) in [5, 5.41) is 0.964. The van der Waals surface area contributed by atoms with Crippen LogP contribution in [0.4, 0.5) is 62.6 Å². The maximum Gasteiger partial charge on any atom is 0.257 e. The standard InChI is InChI=1S/C81H74B2N4O2S/c1-51-42-67-77(90-51)89-74-48-59(85(53-26-16-11-17-27-53)57-35-37-61-63(44-57)81(8,9)41-39-79(61,4)5)46-71-76(74)83(67)66-49-65-68(50-69(66)87(71)55-30-20-13-21-31-55)86(54-28-18-12-19-29-54)70-45-58(47-73-75(70)82(65)64-32-22-23-33-72(64)88-73)84(52-24-14-10-15-25-52)56-34-36-60-62(43-56)80(6,7)40-38-78(60,2)3/h10-37,42-43,45-50,57H,38-41,44H2,1-9H3. The molecule has 17 rings (SSSR count). The van der Waals surface area contributed by atoms with Crippen molar-refractivity contribution in [2.75, 3.05) is 19.6 Å². The van der Waals surface area contributed by atoms with Crippen LogP contribution in [0.25, 0.3) is 0 Å². The zero-order chi connectivity index (χ0) is 61.2. The van der Waals surface area contributed by atoms with Gasteiger partial charge in [-0.3, -0.25) is 0 Å². The predicted molar refractivity (Wildman–Crippen MR) is 381 cm³/mol. The summed E-state index contributed by atoms with van der Waals surface area (Å²) in [7, 11) is 0. The number of thiophene rings is 1. The Morgan fingerprint density at radius 1 is 0.433 bits per heavy atom. The molecule has 10 aromatic rings. The molecule has 0 spiro atoms. The molecule has 0 saturated carbocycles. The van der Waals surface area contributed by atoms with Gasteiger partial charge in [0.05, 0.1) is 11.7 Å². The number of aryl methyl sites for hydroxylation is 1. The van der Waals surface area contributed by atoms with Gasteiger partial charge in [0.1, 0.15) is 17.2 Å². The number of anilines is 11. The van der Waals surface area contributed by atoms with Crippen LogP contribution >= 0.6 is 11.3 Å². The number of allylic oxidation sites excluding steroid dienone is 2. The minimum Gasteiger partial charge on any atom is -0.458 e. The van der Waals surface area contributed by atoms with Crippen molar-refractivity contribution < 1.29 is 9.47 Å². The van der Waals surface area contributed by atoms with Crippen molar-refractivity contribution in [1.29, 1.82) is 0 Å². The molecule has 90 heavy (non-hydrogen) atoms. The second kappa shape index (κ2) is 20.0. The average molecular weight is 1190 g/mol. The smallest absolute Gasteiger partial charge is 0.257 e. The summed E-state index contributed by atoms with van der Waals surface area (Å²) in [6.45, 7) is 21.5. The van der Waals surface area contributed by atoms with Crippen molar-refractivity contribution in [3.05, 3.63) is 246 Å². The molecule has 0 saturated heterocycles. The predicted octanol–water partition coefficient (Wildman–Crippen LogP) is 18.3. The summed E-state index contributed by atoms with van der Waals surface area (Å²) in [6, 6.07) is 77.4. The first-order valence-electron chi connectivity index (χ1n) is 32.6. The molecule has 6 nitrogen and oxygen atoms in total. The maximum atomic E-state index is 7.40. The topological polar surface area (TPSA) is 31.4 Å². The van der Waals surface area contributed by atoms with Crippen LogP contribution in [-0.4, -0.2) is 19.5 Å². The molecule has 1 aromatic heterocycles. The Hall–Kier alpha value is -8.91. The van der Waals surface area contributed by atoms with Gasteiger partial charge in [0.15, 0.2) is 5.06 Å². The first-order valence-corrected chi connectivity index (χ1v) is 33.4. The van der Waals surface area contributed by atoms with E-state index in [1.54, 1.807) is 16.9 Å². The van der Waals surface area contributed by atoms with Crippen molar-refractivity contribution in [2.24, 2.45) is 10.8 Å². The molecular weight excluding hydrogens is 1110 g/mol. The van der Waals surface area contributed by atoms with Gasteiger partial charge in [0, 0.05) is 73.9 Å². The third kappa shape index (κ3) is 8.51. The Balaban J connectivity index is 0.911. The number of para-hydroxylation sites is 5. The Morgan fingerprint density at radius 2 is 0.978 bits per heavy atom. The van der Waals surface area contributed by atoms with Gasteiger partial charge in [0.25, 0.3) is 13.4 Å². The van der Waals surface area contributed by atoms with Gasteiger partial charge in [-0.15, -0.1) is 11.3 Å². The summed E-state index contributed by atoms with van der Waals surface area (Å²) >= 11 is 1.76. The lowest BCUT2D eigenvalue weighted by Crippen LogP contribution is -2.63. The molecular formula is C81H74B2N4O2S. The van der Waals surface area contributed by atoms with Gasteiger partial charge in [-0.2, -0.15) is 0 Å². The summed E-state index contributed by atoms with van der Waals surface area (Å²) in [6.07, 6.45) is 10.6. The first kappa shape index (κ1) is 55.2. The molecule has 9 aromatic carbocycles. The van der Waals surface area contributed by atoms with E-state index in [1.807, 2.05) is 0 Å². The van der Waals surface area contributed by atoms with Crippen LogP contribution in [0.5, 0.6) is 22.3 Å². The first-order chi connectivity index (χ1) is 43.5. The van der Waals surface area contributed by atoms with Crippen molar-refractivity contribution in [3.63, 3.8) is 0 Å². The van der Waals surface area contributed by atoms with E-state index in [1.165, 1.54) is 56.3 Å². The summed E-state index contributed by atoms with van der Waals surface area (Å²) < 4.78 is 14.8. The Bertz CT molecular complexity index is 4650. The van der Waals surface area contributed by atoms with Gasteiger partial charge in [-0.1, -0.05) is 176 Å². The van der Waals surface area contributed by atoms with E-state index in [0.29, 0.717) is 0 Å². The average Bonchev–Trinajstić information content (AvgIpc) is 0.883. The van der Waals surface area contributed by atoms with Crippen LogP contribution < -0.4 is 61.9 Å². The number of fused-ring (bicyclic) bond motifs is 9. The SMILES string of the molecule is Cc1cc2c(s1)Oc1cc(N(c3ccccc3)C3C=CC4=C(C3)C(C)(C)CCC4(C)C)cc3c1B2c1cc2c(cc1N3c1ccccc1)N(c1ccccc1)c1cc(N(c3ccccc3)c3ccc4c(c3)C(C)(C)CCC4(C)C)cc3c1B2c1ccccc1O3. The Kier molecular flexibility index (Phi) is 12.3. The monoisotopic (exact) mass is 1190 g/mol. The van der Waals surface area contributed by atoms with Crippen LogP contribution in [0.3, 0.4) is 0 Å². The largest absolute Gasteiger partial charge is 0.458 e. The highest BCUT2D eigenvalue weighted by atomic mass is 32.1. The Labute approximate surface area is 535 Å². The molecule has 7 aliphatic rings. The molecule has 0 amide bonds. The van der Waals surface area contributed by atoms with Crippen LogP contribution in [0, 0.1) is 17.8 Å². The molecule has 442 valence electrons. The zero-order valence-electron chi connectivity index (χ0n) is 53.1. The highest BCUT2D eigenvalue weighted by Crippen LogP contribution is 2.56. The second-order valence-corrected chi connectivity index (χ2v) is 30.2. The summed E-state index contributed by atoms with van der Waals surface area (Å²) in [5.74, 6) is 2.65. The van der Waals surface area contributed by atoms with E-state index in [2.05, 4.69) is 300 Å². The number of benzene rings is 9. The lowest BCUT2D eigenvalue weighted by Gasteiger charge is -2.47. The molecule has 4 aliphatic heterocycles. The normalized spacial score (nSPS) is 18.5. The molecule has 0 bridgehead atoms. The van der Waals surface area contributed by atoms with Crippen LogP contribution in [-0.2, 0) is 10.8 Å². The van der Waals surface area contributed by atoms with Gasteiger partial charge >= 0.3 is 0 Å². The van der Waals surface area contributed by atoms with Crippen LogP contribution in [0.15, 0.2) is 230 Å². The number of ether oxygens (including phenoxy) is 2. The quantitative estimate of drug-likeness (QED) is 0.141. The summed E-state index contributed by atoms with van der Waals surface area (Å²) in [4.78, 5) is 11.4. The number of rotatable bonds is 8. The minimum atomic E-state index is -0.151. The molecule has 0 N–H and O–H groups in total. The maximum absolute atomic E-state index is 7.40. The number of hydrogen-bond acceptors (Lipinski definition) is 7. The fourth-order valence-electron chi connectivity index (χ4n) is 16.7. The van der Waals surface area contributed by atoms with E-state index in [9.17, 15) is 0 Å². The lowest BCUT2D eigenvalue weighted by molar-refractivity contribution is 0.256. The zero-order valence-corrected chi connectivity index (χ0v) is 53.9. The molecule has 1 atom stereocenters. The Morgan fingerprint density at radius 3 is 1.64 bits per heavy atom. The van der Waals surface area contributed by atoms with Crippen molar-refractivity contribution in [2.45, 2.75) is 111 Å². The van der Waals surface area contributed by atoms with Gasteiger partial charge in [-0.05, 0) is 201 Å². The third-order valence-electron chi connectivity index (χ3n) is 21.5. The van der Waals surface area contributed by atoms with Gasteiger partial charge in [-0.25, -0.2) is 0 Å². The minimum absolute atomic E-state index is 0.0179. The second-order valence-electron chi connectivity index (χ2n) is 28.9. The van der Waals surface area contributed by atoms with Crippen molar-refractivity contribution in [3.8, 4) is 22.3 Å². The van der Waals surface area contributed by atoms with Gasteiger partial charge < -0.3 is 29.1 Å². The molecule has 5 heterocycles. The van der Waals surface area contributed by atoms with E-state index >= 15 is 0 Å². The van der Waals surface area contributed by atoms with E-state index in [0.717, 1.165) is 115 Å². The lowest BCUT2D eigenvalue weighted by atomic mass is 9.31. The molecule has 1 unspecified atom stereocenters. The van der Waals surface area contributed by atoms with Crippen molar-refractivity contribution in [1.82, 2.24) is 0 Å². The van der Waals surface area contributed by atoms with E-state index in [4.69, 9.17) is 9.47 Å². The number of nitrogens with zero attached hydrogens (tertiary/aromatic N) is 4. The molecule has 0 radical (unpaired) electrons. The molecule has 0 fully saturated rings. The highest BCUT2D eigenvalue weighted by Gasteiger charge is 2.49. The number of hydrogen-bond donors (Lipinski definition) is 0. The van der Waals surface area contributed by atoms with Crippen LogP contribution in [0.1, 0.15) is 103 Å². The fourth-order valence-corrected chi connectivity index (χ4v) is 17.6. The van der Waals surface area contributed by atoms with Crippen LogP contribution in [0.2, 0.25) is 0 Å². The molecule has 9 heteroatoms. The summed E-state index contributed by atoms with van der Waals surface area (Å²) in [5.41, 5.74) is 25.7. The molecule has 3 aliphatic carbocycles. The fraction of sp³-hybridized carbons (Fsp3) is 0.235. The van der Waals surface area contributed by atoms with E-state index < -0.39 is 0 Å². The van der Waals surface area contributed by atoms with Crippen molar-refractivity contribution >= 4 is 120 Å². The van der Waals surface area contributed by atoms with Gasteiger partial charge in [0.2, 0.25) is 0 Å². The van der Waals surface area contributed by atoms with E-state index in [-0.39, 0.29) is 41.1 Å². The third-order valence-corrected chi connectivity index (χ3v) is 22.5.